The molecular formula is C6H9NO. The van der Waals surface area contributed by atoms with Crippen LogP contribution in [0.25, 0.3) is 0 Å². The van der Waals surface area contributed by atoms with Crippen LogP contribution >= 0.6 is 0 Å². The fraction of sp³-hybridized carbons (Fsp3) is 0.833. The van der Waals surface area contributed by atoms with Gasteiger partial charge in [-0.25, -0.2) is 0 Å². The first-order valence-electron chi connectivity index (χ1n) is 2.92. The zero-order chi connectivity index (χ0) is 5.82. The summed E-state index contributed by atoms with van der Waals surface area (Å²) in [4.78, 5) is 0. The summed E-state index contributed by atoms with van der Waals surface area (Å²) >= 11 is 0. The van der Waals surface area contributed by atoms with E-state index in [1.807, 2.05) is 0 Å². The van der Waals surface area contributed by atoms with Gasteiger partial charge in [-0.15, -0.1) is 0 Å². The lowest BCUT2D eigenvalue weighted by atomic mass is 10.2. The molecule has 44 valence electrons. The predicted octanol–water partition coefficient (Wildman–Crippen LogP) is 1.08. The molecule has 2 nitrogen and oxygen atoms in total. The van der Waals surface area contributed by atoms with Crippen LogP contribution in [-0.2, 0) is 4.74 Å². The summed E-state index contributed by atoms with van der Waals surface area (Å²) in [6.07, 6.45) is 3.03. The van der Waals surface area contributed by atoms with Gasteiger partial charge in [-0.05, 0) is 12.8 Å². The second-order valence-corrected chi connectivity index (χ2v) is 2.00. The monoisotopic (exact) mass is 111 g/mol. The Bertz CT molecular complexity index is 99.6. The maximum atomic E-state index is 8.20. The first kappa shape index (κ1) is 5.58. The van der Waals surface area contributed by atoms with Gasteiger partial charge in [0.05, 0.1) is 18.6 Å². The van der Waals surface area contributed by atoms with Crippen LogP contribution < -0.4 is 0 Å². The Balaban J connectivity index is 2.17. The molecule has 0 aromatic heterocycles. The Morgan fingerprint density at radius 3 is 3.12 bits per heavy atom. The summed E-state index contributed by atoms with van der Waals surface area (Å²) in [6, 6.07) is 2.08. The third kappa shape index (κ3) is 1.21. The summed E-state index contributed by atoms with van der Waals surface area (Å²) in [6.45, 7) is 0.854. The van der Waals surface area contributed by atoms with Crippen molar-refractivity contribution in [2.75, 3.05) is 6.61 Å². The molecule has 0 aromatic carbocycles. The van der Waals surface area contributed by atoms with Gasteiger partial charge in [-0.3, -0.25) is 0 Å². The van der Waals surface area contributed by atoms with Crippen LogP contribution in [0.1, 0.15) is 19.3 Å². The average molecular weight is 111 g/mol. The first-order chi connectivity index (χ1) is 3.93. The van der Waals surface area contributed by atoms with Crippen LogP contribution in [0.4, 0.5) is 0 Å². The largest absolute Gasteiger partial charge is 0.377 e. The van der Waals surface area contributed by atoms with Crippen LogP contribution in [-0.4, -0.2) is 12.7 Å². The number of rotatable bonds is 1. The van der Waals surface area contributed by atoms with Gasteiger partial charge in [-0.1, -0.05) is 0 Å². The molecule has 1 atom stereocenters. The molecule has 8 heavy (non-hydrogen) atoms. The van der Waals surface area contributed by atoms with Crippen LogP contribution in [0, 0.1) is 11.3 Å². The molecule has 0 bridgehead atoms. The fourth-order valence-corrected chi connectivity index (χ4v) is 0.907. The molecular weight excluding hydrogens is 102 g/mol. The van der Waals surface area contributed by atoms with Gasteiger partial charge in [0.1, 0.15) is 0 Å². The summed E-state index contributed by atoms with van der Waals surface area (Å²) in [7, 11) is 0. The van der Waals surface area contributed by atoms with E-state index in [0.717, 1.165) is 19.4 Å². The van der Waals surface area contributed by atoms with Crippen LogP contribution in [0.2, 0.25) is 0 Å². The van der Waals surface area contributed by atoms with Gasteiger partial charge in [0.15, 0.2) is 0 Å². The lowest BCUT2D eigenvalue weighted by Gasteiger charge is -1.99. The third-order valence-electron chi connectivity index (χ3n) is 1.34. The Hall–Kier alpha value is -0.550. The average Bonchev–Trinajstić information content (AvgIpc) is 2.19. The molecule has 1 unspecified atom stereocenters. The molecule has 1 aliphatic rings. The minimum Gasteiger partial charge on any atom is -0.377 e. The molecule has 1 fully saturated rings. The number of nitriles is 1. The lowest BCUT2D eigenvalue weighted by Crippen LogP contribution is -2.01. The van der Waals surface area contributed by atoms with Crippen LogP contribution in [0.3, 0.4) is 0 Å². The Labute approximate surface area is 49.1 Å². The molecule has 1 aliphatic heterocycles. The maximum Gasteiger partial charge on any atom is 0.0705 e. The molecule has 2 heteroatoms. The minimum atomic E-state index is 0.250. The quantitative estimate of drug-likeness (QED) is 0.507. The standard InChI is InChI=1S/C6H9NO/c7-4-3-6-2-1-5-8-6/h6H,1-3,5H2. The van der Waals surface area contributed by atoms with E-state index in [1.54, 1.807) is 0 Å². The normalized spacial score (nSPS) is 27.6. The number of ether oxygens (including phenoxy) is 1. The number of hydrogen-bond acceptors (Lipinski definition) is 2. The van der Waals surface area contributed by atoms with Crippen molar-refractivity contribution in [3.63, 3.8) is 0 Å². The number of nitrogens with zero attached hydrogens (tertiary/aromatic N) is 1. The van der Waals surface area contributed by atoms with Crippen molar-refractivity contribution < 1.29 is 4.74 Å². The number of hydrogen-bond donors (Lipinski definition) is 0. The van der Waals surface area contributed by atoms with Gasteiger partial charge in [-0.2, -0.15) is 5.26 Å². The summed E-state index contributed by atoms with van der Waals surface area (Å²) in [5, 5.41) is 8.20. The highest BCUT2D eigenvalue weighted by Crippen LogP contribution is 2.13. The highest BCUT2D eigenvalue weighted by Gasteiger charge is 2.13. The Kier molecular flexibility index (Phi) is 1.87. The van der Waals surface area contributed by atoms with Gasteiger partial charge < -0.3 is 4.74 Å². The van der Waals surface area contributed by atoms with Crippen molar-refractivity contribution in [1.29, 1.82) is 5.26 Å². The van der Waals surface area contributed by atoms with E-state index >= 15 is 0 Å². The fourth-order valence-electron chi connectivity index (χ4n) is 0.907. The van der Waals surface area contributed by atoms with E-state index in [9.17, 15) is 0 Å². The zero-order valence-electron chi connectivity index (χ0n) is 4.76. The summed E-state index contributed by atoms with van der Waals surface area (Å²) in [5.74, 6) is 0. The molecule has 0 aliphatic carbocycles. The molecule has 0 N–H and O–H groups in total. The predicted molar refractivity (Wildman–Crippen MR) is 29.2 cm³/mol. The van der Waals surface area contributed by atoms with E-state index in [-0.39, 0.29) is 6.10 Å². The minimum absolute atomic E-state index is 0.250. The SMILES string of the molecule is N#CCC1CCCO1. The lowest BCUT2D eigenvalue weighted by molar-refractivity contribution is 0.115. The molecule has 0 spiro atoms. The van der Waals surface area contributed by atoms with Crippen molar-refractivity contribution in [3.05, 3.63) is 0 Å². The highest BCUT2D eigenvalue weighted by molar-refractivity contribution is 4.78. The van der Waals surface area contributed by atoms with E-state index in [1.165, 1.54) is 0 Å². The molecule has 0 saturated carbocycles. The van der Waals surface area contributed by atoms with E-state index in [2.05, 4.69) is 6.07 Å². The first-order valence-corrected chi connectivity index (χ1v) is 2.92. The molecule has 0 aromatic rings. The zero-order valence-corrected chi connectivity index (χ0v) is 4.76. The van der Waals surface area contributed by atoms with E-state index in [0.29, 0.717) is 6.42 Å². The van der Waals surface area contributed by atoms with Crippen LogP contribution in [0.15, 0.2) is 0 Å². The molecule has 1 saturated heterocycles. The van der Waals surface area contributed by atoms with Crippen molar-refractivity contribution >= 4 is 0 Å². The van der Waals surface area contributed by atoms with Crippen molar-refractivity contribution in [2.45, 2.75) is 25.4 Å². The van der Waals surface area contributed by atoms with Crippen molar-refractivity contribution in [1.82, 2.24) is 0 Å². The van der Waals surface area contributed by atoms with E-state index in [4.69, 9.17) is 10.00 Å². The van der Waals surface area contributed by atoms with Crippen molar-refractivity contribution in [3.8, 4) is 6.07 Å². The Morgan fingerprint density at radius 1 is 1.75 bits per heavy atom. The second-order valence-electron chi connectivity index (χ2n) is 2.00. The molecule has 0 amide bonds. The topological polar surface area (TPSA) is 33.0 Å². The van der Waals surface area contributed by atoms with E-state index < -0.39 is 0 Å². The van der Waals surface area contributed by atoms with Gasteiger partial charge in [0.25, 0.3) is 0 Å². The molecule has 1 heterocycles. The summed E-state index contributed by atoms with van der Waals surface area (Å²) in [5.41, 5.74) is 0. The third-order valence-corrected chi connectivity index (χ3v) is 1.34. The van der Waals surface area contributed by atoms with Gasteiger partial charge in [0.2, 0.25) is 0 Å². The Morgan fingerprint density at radius 2 is 2.62 bits per heavy atom. The van der Waals surface area contributed by atoms with Gasteiger partial charge >= 0.3 is 0 Å². The smallest absolute Gasteiger partial charge is 0.0705 e. The summed E-state index contributed by atoms with van der Waals surface area (Å²) < 4.78 is 5.17. The molecule has 0 radical (unpaired) electrons. The molecule has 1 rings (SSSR count). The van der Waals surface area contributed by atoms with Crippen molar-refractivity contribution in [2.24, 2.45) is 0 Å². The van der Waals surface area contributed by atoms with Gasteiger partial charge in [0, 0.05) is 6.61 Å². The van der Waals surface area contributed by atoms with Crippen LogP contribution in [0.5, 0.6) is 0 Å². The maximum absolute atomic E-state index is 8.20. The highest BCUT2D eigenvalue weighted by atomic mass is 16.5. The second kappa shape index (κ2) is 2.68.